The van der Waals surface area contributed by atoms with Crippen molar-refractivity contribution in [2.24, 2.45) is 0 Å². The molecule has 24 heavy (non-hydrogen) atoms. The fourth-order valence-corrected chi connectivity index (χ4v) is 3.30. The summed E-state index contributed by atoms with van der Waals surface area (Å²) >= 11 is 5.93. The van der Waals surface area contributed by atoms with Gasteiger partial charge in [0.05, 0.1) is 11.4 Å². The molecule has 0 aliphatic rings. The van der Waals surface area contributed by atoms with Gasteiger partial charge in [0.2, 0.25) is 10.0 Å². The van der Waals surface area contributed by atoms with Crippen LogP contribution >= 0.6 is 11.6 Å². The summed E-state index contributed by atoms with van der Waals surface area (Å²) in [5.74, 6) is 4.86. The smallest absolute Gasteiger partial charge is 0.241 e. The fraction of sp³-hybridized carbons (Fsp3) is 0.176. The number of ether oxygens (including phenoxy) is 1. The van der Waals surface area contributed by atoms with Crippen LogP contribution in [0.25, 0.3) is 0 Å². The predicted molar refractivity (Wildman–Crippen MR) is 91.0 cm³/mol. The van der Waals surface area contributed by atoms with E-state index in [-0.39, 0.29) is 23.8 Å². The van der Waals surface area contributed by atoms with E-state index in [9.17, 15) is 12.8 Å². The molecule has 0 fully saturated rings. The highest BCUT2D eigenvalue weighted by Gasteiger charge is 2.16. The van der Waals surface area contributed by atoms with Crippen molar-refractivity contribution in [2.75, 3.05) is 13.2 Å². The average molecular weight is 368 g/mol. The highest BCUT2D eigenvalue weighted by atomic mass is 35.5. The Morgan fingerprint density at radius 1 is 1.17 bits per heavy atom. The Balaban J connectivity index is 1.90. The first kappa shape index (κ1) is 18.3. The molecule has 0 aliphatic carbocycles. The molecule has 0 saturated carbocycles. The molecule has 2 aromatic rings. The molecule has 0 spiro atoms. The van der Waals surface area contributed by atoms with E-state index in [1.54, 1.807) is 31.2 Å². The molecule has 0 aliphatic heterocycles. The molecule has 1 N–H and O–H groups in total. The van der Waals surface area contributed by atoms with Crippen LogP contribution in [0.3, 0.4) is 0 Å². The Morgan fingerprint density at radius 3 is 2.67 bits per heavy atom. The van der Waals surface area contributed by atoms with Crippen molar-refractivity contribution >= 4 is 21.6 Å². The average Bonchev–Trinajstić information content (AvgIpc) is 2.54. The Kier molecular flexibility index (Phi) is 6.21. The topological polar surface area (TPSA) is 55.4 Å². The minimum Gasteiger partial charge on any atom is -0.478 e. The van der Waals surface area contributed by atoms with E-state index in [4.69, 9.17) is 16.3 Å². The van der Waals surface area contributed by atoms with Gasteiger partial charge < -0.3 is 4.74 Å². The minimum absolute atomic E-state index is 0.0428. The lowest BCUT2D eigenvalue weighted by Crippen LogP contribution is -2.24. The number of para-hydroxylation sites is 1. The van der Waals surface area contributed by atoms with Crippen LogP contribution < -0.4 is 9.46 Å². The van der Waals surface area contributed by atoms with Gasteiger partial charge in [-0.25, -0.2) is 12.8 Å². The molecule has 7 heteroatoms. The largest absolute Gasteiger partial charge is 0.478 e. The first-order valence-corrected chi connectivity index (χ1v) is 8.86. The van der Waals surface area contributed by atoms with Gasteiger partial charge in [-0.2, -0.15) is 4.72 Å². The van der Waals surface area contributed by atoms with Gasteiger partial charge in [0.25, 0.3) is 0 Å². The molecule has 0 unspecified atom stereocenters. The van der Waals surface area contributed by atoms with Gasteiger partial charge in [-0.3, -0.25) is 0 Å². The van der Waals surface area contributed by atoms with E-state index < -0.39 is 15.8 Å². The molecule has 0 amide bonds. The van der Waals surface area contributed by atoms with Crippen LogP contribution in [0.5, 0.6) is 5.75 Å². The number of benzene rings is 2. The summed E-state index contributed by atoms with van der Waals surface area (Å²) in [6.45, 7) is 1.50. The van der Waals surface area contributed by atoms with E-state index in [0.29, 0.717) is 10.6 Å². The van der Waals surface area contributed by atoms with Crippen molar-refractivity contribution in [1.29, 1.82) is 0 Å². The van der Waals surface area contributed by atoms with Crippen LogP contribution in [0.2, 0.25) is 5.02 Å². The number of sulfonamides is 1. The maximum absolute atomic E-state index is 13.3. The monoisotopic (exact) mass is 367 g/mol. The van der Waals surface area contributed by atoms with Gasteiger partial charge in [0.15, 0.2) is 11.6 Å². The first-order valence-electron chi connectivity index (χ1n) is 6.99. The maximum Gasteiger partial charge on any atom is 0.241 e. The predicted octanol–water partition coefficient (Wildman–Crippen LogP) is 3.15. The minimum atomic E-state index is -3.70. The number of halogens is 2. The Labute approximate surface area is 145 Å². The second-order valence-corrected chi connectivity index (χ2v) is 6.90. The lowest BCUT2D eigenvalue weighted by molar-refractivity contribution is 0.348. The zero-order chi connectivity index (χ0) is 17.6. The van der Waals surface area contributed by atoms with E-state index in [1.165, 1.54) is 18.2 Å². The molecule has 2 aromatic carbocycles. The normalized spacial score (nSPS) is 10.8. The van der Waals surface area contributed by atoms with Crippen LogP contribution in [0, 0.1) is 24.6 Å². The molecule has 0 saturated heterocycles. The third-order valence-corrected chi connectivity index (χ3v) is 5.07. The molecule has 2 rings (SSSR count). The van der Waals surface area contributed by atoms with Gasteiger partial charge >= 0.3 is 0 Å². The number of rotatable bonds is 5. The highest BCUT2D eigenvalue weighted by Crippen LogP contribution is 2.22. The molecule has 0 atom stereocenters. The second kappa shape index (κ2) is 8.15. The Morgan fingerprint density at radius 2 is 1.92 bits per heavy atom. The van der Waals surface area contributed by atoms with Crippen LogP contribution in [-0.2, 0) is 10.0 Å². The van der Waals surface area contributed by atoms with Crippen LogP contribution in [0.15, 0.2) is 47.4 Å². The third kappa shape index (κ3) is 4.71. The van der Waals surface area contributed by atoms with E-state index in [0.717, 1.165) is 0 Å². The standard InChI is InChI=1S/C17H15ClFNO3S/c1-13-14(18)7-6-10-17(13)24(21,22)20-11-4-5-12-23-16-9-3-2-8-15(16)19/h2-3,6-10,20H,11-12H2,1H3. The lowest BCUT2D eigenvalue weighted by Gasteiger charge is -2.08. The number of nitrogens with one attached hydrogen (secondary N) is 1. The van der Waals surface area contributed by atoms with Crippen molar-refractivity contribution in [2.45, 2.75) is 11.8 Å². The molecular weight excluding hydrogens is 353 g/mol. The summed E-state index contributed by atoms with van der Waals surface area (Å²) in [4.78, 5) is 0.111. The van der Waals surface area contributed by atoms with Crippen LogP contribution in [-0.4, -0.2) is 21.6 Å². The van der Waals surface area contributed by atoms with Crippen molar-refractivity contribution in [3.63, 3.8) is 0 Å². The molecule has 0 bridgehead atoms. The van der Waals surface area contributed by atoms with Crippen molar-refractivity contribution in [3.05, 3.63) is 58.9 Å². The zero-order valence-electron chi connectivity index (χ0n) is 12.8. The summed E-state index contributed by atoms with van der Waals surface area (Å²) in [5.41, 5.74) is 0.475. The first-order chi connectivity index (χ1) is 11.4. The maximum atomic E-state index is 13.3. The zero-order valence-corrected chi connectivity index (χ0v) is 14.4. The Hall–Kier alpha value is -2.07. The summed E-state index contributed by atoms with van der Waals surface area (Å²) in [6, 6.07) is 10.6. The molecular formula is C17H15ClFNO3S. The van der Waals surface area contributed by atoms with Gasteiger partial charge in [0.1, 0.15) is 6.61 Å². The van der Waals surface area contributed by atoms with Crippen molar-refractivity contribution < 1.29 is 17.5 Å². The van der Waals surface area contributed by atoms with Crippen molar-refractivity contribution in [1.82, 2.24) is 4.72 Å². The quantitative estimate of drug-likeness (QED) is 0.826. The highest BCUT2D eigenvalue weighted by molar-refractivity contribution is 7.89. The van der Waals surface area contributed by atoms with E-state index >= 15 is 0 Å². The van der Waals surface area contributed by atoms with Gasteiger partial charge in [0, 0.05) is 5.02 Å². The fourth-order valence-electron chi connectivity index (χ4n) is 1.88. The molecule has 126 valence electrons. The third-order valence-electron chi connectivity index (χ3n) is 3.12. The van der Waals surface area contributed by atoms with E-state index in [1.807, 2.05) is 0 Å². The Bertz CT molecular complexity index is 888. The summed E-state index contributed by atoms with van der Waals surface area (Å²) in [7, 11) is -3.70. The summed E-state index contributed by atoms with van der Waals surface area (Å²) < 4.78 is 45.2. The van der Waals surface area contributed by atoms with Crippen LogP contribution in [0.1, 0.15) is 5.56 Å². The second-order valence-electron chi connectivity index (χ2n) is 4.76. The molecule has 4 nitrogen and oxygen atoms in total. The SMILES string of the molecule is Cc1c(Cl)cccc1S(=O)(=O)NCC#CCOc1ccccc1F. The van der Waals surface area contributed by atoms with Gasteiger partial charge in [-0.1, -0.05) is 41.6 Å². The van der Waals surface area contributed by atoms with Crippen LogP contribution in [0.4, 0.5) is 4.39 Å². The molecule has 0 aromatic heterocycles. The summed E-state index contributed by atoms with van der Waals surface area (Å²) in [6.07, 6.45) is 0. The molecule has 0 heterocycles. The lowest BCUT2D eigenvalue weighted by atomic mass is 10.2. The molecule has 0 radical (unpaired) electrons. The van der Waals surface area contributed by atoms with E-state index in [2.05, 4.69) is 16.6 Å². The summed E-state index contributed by atoms with van der Waals surface area (Å²) in [5, 5.41) is 0.377. The number of hydrogen-bond acceptors (Lipinski definition) is 3. The van der Waals surface area contributed by atoms with Crippen molar-refractivity contribution in [3.8, 4) is 17.6 Å². The van der Waals surface area contributed by atoms with Gasteiger partial charge in [-0.05, 0) is 36.8 Å². The number of hydrogen-bond donors (Lipinski definition) is 1. The van der Waals surface area contributed by atoms with Gasteiger partial charge in [-0.15, -0.1) is 0 Å².